The Morgan fingerprint density at radius 1 is 1.33 bits per heavy atom. The van der Waals surface area contributed by atoms with Crippen LogP contribution in [0.25, 0.3) is 10.8 Å². The van der Waals surface area contributed by atoms with Crippen molar-refractivity contribution in [3.63, 3.8) is 0 Å². The van der Waals surface area contributed by atoms with E-state index in [1.54, 1.807) is 17.5 Å². The van der Waals surface area contributed by atoms with Gasteiger partial charge in [-0.3, -0.25) is 0 Å². The number of aromatic nitrogens is 3. The van der Waals surface area contributed by atoms with Gasteiger partial charge in [-0.25, -0.2) is 15.0 Å². The molecule has 2 aromatic heterocycles. The zero-order valence-corrected chi connectivity index (χ0v) is 11.8. The molecule has 0 unspecified atom stereocenters. The second-order valence-electron chi connectivity index (χ2n) is 4.08. The van der Waals surface area contributed by atoms with Crippen LogP contribution in [0.2, 0.25) is 0 Å². The van der Waals surface area contributed by atoms with Crippen molar-refractivity contribution in [1.29, 1.82) is 0 Å². The van der Waals surface area contributed by atoms with Crippen LogP contribution in [0.1, 0.15) is 24.6 Å². The molecule has 6 heteroatoms. The molecule has 4 nitrogen and oxygen atoms in total. The lowest BCUT2D eigenvalue weighted by atomic mass is 10.2. The molecule has 18 heavy (non-hydrogen) atoms. The number of fused-ring (bicyclic) bond motifs is 1. The van der Waals surface area contributed by atoms with E-state index in [1.807, 2.05) is 17.1 Å². The molecule has 0 aromatic carbocycles. The Labute approximate surface area is 114 Å². The number of nitrogens with zero attached hydrogens (tertiary/aromatic N) is 3. The van der Waals surface area contributed by atoms with Gasteiger partial charge in [-0.1, -0.05) is 6.92 Å². The lowest BCUT2D eigenvalue weighted by molar-refractivity contribution is 0.954. The van der Waals surface area contributed by atoms with Crippen molar-refractivity contribution in [2.45, 2.75) is 24.9 Å². The molecule has 0 saturated carbocycles. The van der Waals surface area contributed by atoms with E-state index in [0.717, 1.165) is 41.1 Å². The van der Waals surface area contributed by atoms with Crippen LogP contribution in [-0.4, -0.2) is 21.5 Å². The maximum absolute atomic E-state index is 4.64. The van der Waals surface area contributed by atoms with Crippen LogP contribution in [-0.2, 0) is 11.5 Å². The van der Waals surface area contributed by atoms with Crippen molar-refractivity contribution in [3.8, 4) is 10.8 Å². The molecule has 0 bridgehead atoms. The normalized spacial score (nSPS) is 13.6. The molecule has 94 valence electrons. The average Bonchev–Trinajstić information content (AvgIpc) is 3.05. The summed E-state index contributed by atoms with van der Waals surface area (Å²) < 4.78 is 0. The van der Waals surface area contributed by atoms with Gasteiger partial charge in [-0.2, -0.15) is 11.8 Å². The molecular weight excluding hydrogens is 264 g/mol. The summed E-state index contributed by atoms with van der Waals surface area (Å²) in [5.41, 5.74) is 2.44. The molecule has 1 N–H and O–H groups in total. The molecule has 3 heterocycles. The topological polar surface area (TPSA) is 50.7 Å². The van der Waals surface area contributed by atoms with Gasteiger partial charge in [-0.15, -0.1) is 11.3 Å². The van der Waals surface area contributed by atoms with E-state index in [0.29, 0.717) is 0 Å². The number of hydrogen-bond donors (Lipinski definition) is 1. The third-order valence-electron chi connectivity index (χ3n) is 2.74. The lowest BCUT2D eigenvalue weighted by Crippen LogP contribution is -2.08. The summed E-state index contributed by atoms with van der Waals surface area (Å²) in [7, 11) is 0. The summed E-state index contributed by atoms with van der Waals surface area (Å²) in [4.78, 5) is 13.6. The van der Waals surface area contributed by atoms with Crippen LogP contribution in [0.5, 0.6) is 0 Å². The molecule has 0 atom stereocenters. The van der Waals surface area contributed by atoms with Gasteiger partial charge in [0.1, 0.15) is 5.82 Å². The van der Waals surface area contributed by atoms with E-state index < -0.39 is 0 Å². The van der Waals surface area contributed by atoms with Gasteiger partial charge in [-0.05, 0) is 6.42 Å². The summed E-state index contributed by atoms with van der Waals surface area (Å²) in [6, 6.07) is 0. The Kier molecular flexibility index (Phi) is 3.47. The first kappa shape index (κ1) is 11.9. The lowest BCUT2D eigenvalue weighted by Gasteiger charge is -2.10. The number of hydrogen-bond acceptors (Lipinski definition) is 6. The van der Waals surface area contributed by atoms with E-state index in [-0.39, 0.29) is 0 Å². The van der Waals surface area contributed by atoms with Gasteiger partial charge < -0.3 is 5.32 Å². The first-order chi connectivity index (χ1) is 8.88. The van der Waals surface area contributed by atoms with E-state index in [2.05, 4.69) is 27.2 Å². The zero-order chi connectivity index (χ0) is 12.4. The van der Waals surface area contributed by atoms with Crippen LogP contribution in [0, 0.1) is 0 Å². The minimum Gasteiger partial charge on any atom is -0.370 e. The van der Waals surface area contributed by atoms with E-state index >= 15 is 0 Å². The zero-order valence-electron chi connectivity index (χ0n) is 10.1. The molecule has 1 aliphatic heterocycles. The Morgan fingerprint density at radius 3 is 3.06 bits per heavy atom. The standard InChI is InChI=1S/C12H14N4S2/c1-2-3-13-10-8-6-17-7-9(8)15-11(16-10)12-14-4-5-18-12/h4-5H,2-3,6-7H2,1H3,(H,13,15,16). The summed E-state index contributed by atoms with van der Waals surface area (Å²) in [6.45, 7) is 3.11. The van der Waals surface area contributed by atoms with Crippen molar-refractivity contribution in [2.24, 2.45) is 0 Å². The summed E-state index contributed by atoms with van der Waals surface area (Å²) in [5, 5.41) is 6.27. The van der Waals surface area contributed by atoms with Gasteiger partial charge in [0.05, 0.1) is 5.69 Å². The molecule has 0 saturated heterocycles. The second-order valence-corrected chi connectivity index (χ2v) is 5.96. The summed E-state index contributed by atoms with van der Waals surface area (Å²) in [5.74, 6) is 3.75. The first-order valence-corrected chi connectivity index (χ1v) is 8.03. The number of anilines is 1. The van der Waals surface area contributed by atoms with E-state index in [4.69, 9.17) is 0 Å². The predicted octanol–water partition coefficient (Wildman–Crippen LogP) is 3.17. The number of nitrogens with one attached hydrogen (secondary N) is 1. The highest BCUT2D eigenvalue weighted by molar-refractivity contribution is 7.98. The largest absolute Gasteiger partial charge is 0.370 e. The van der Waals surface area contributed by atoms with Crippen LogP contribution >= 0.6 is 23.1 Å². The number of thioether (sulfide) groups is 1. The number of rotatable bonds is 4. The summed E-state index contributed by atoms with van der Waals surface area (Å²) in [6.07, 6.45) is 2.89. The molecule has 0 fully saturated rings. The molecule has 0 radical (unpaired) electrons. The monoisotopic (exact) mass is 278 g/mol. The van der Waals surface area contributed by atoms with Gasteiger partial charge in [0.15, 0.2) is 10.8 Å². The highest BCUT2D eigenvalue weighted by Crippen LogP contribution is 2.34. The Balaban J connectivity index is 2.02. The van der Waals surface area contributed by atoms with E-state index in [9.17, 15) is 0 Å². The molecule has 0 spiro atoms. The molecule has 3 rings (SSSR count). The summed E-state index contributed by atoms with van der Waals surface area (Å²) >= 11 is 3.48. The fourth-order valence-corrected chi connectivity index (χ4v) is 3.48. The fraction of sp³-hybridized carbons (Fsp3) is 0.417. The second kappa shape index (κ2) is 5.24. The van der Waals surface area contributed by atoms with Crippen LogP contribution < -0.4 is 5.32 Å². The molecule has 0 aliphatic carbocycles. The van der Waals surface area contributed by atoms with E-state index in [1.165, 1.54) is 11.3 Å². The third-order valence-corrected chi connectivity index (χ3v) is 4.48. The van der Waals surface area contributed by atoms with Gasteiger partial charge >= 0.3 is 0 Å². The number of thiazole rings is 1. The maximum Gasteiger partial charge on any atom is 0.190 e. The van der Waals surface area contributed by atoms with Crippen molar-refractivity contribution in [3.05, 3.63) is 22.8 Å². The SMILES string of the molecule is CCCNc1nc(-c2nccs2)nc2c1CSC2. The van der Waals surface area contributed by atoms with Crippen LogP contribution in [0.3, 0.4) is 0 Å². The smallest absolute Gasteiger partial charge is 0.190 e. The minimum absolute atomic E-state index is 0.754. The van der Waals surface area contributed by atoms with Gasteiger partial charge in [0.25, 0.3) is 0 Å². The Bertz CT molecular complexity index is 539. The minimum atomic E-state index is 0.754. The molecular formula is C12H14N4S2. The Morgan fingerprint density at radius 2 is 2.28 bits per heavy atom. The van der Waals surface area contributed by atoms with Crippen molar-refractivity contribution in [2.75, 3.05) is 11.9 Å². The quantitative estimate of drug-likeness (QED) is 0.931. The average molecular weight is 278 g/mol. The Hall–Kier alpha value is -1.14. The van der Waals surface area contributed by atoms with Crippen molar-refractivity contribution in [1.82, 2.24) is 15.0 Å². The predicted molar refractivity (Wildman–Crippen MR) is 76.9 cm³/mol. The molecule has 1 aliphatic rings. The van der Waals surface area contributed by atoms with Gasteiger partial charge in [0, 0.05) is 35.2 Å². The van der Waals surface area contributed by atoms with Crippen LogP contribution in [0.15, 0.2) is 11.6 Å². The van der Waals surface area contributed by atoms with Crippen LogP contribution in [0.4, 0.5) is 5.82 Å². The fourth-order valence-electron chi connectivity index (χ4n) is 1.87. The molecule has 0 amide bonds. The first-order valence-electron chi connectivity index (χ1n) is 5.99. The maximum atomic E-state index is 4.64. The molecule has 2 aromatic rings. The third kappa shape index (κ3) is 2.22. The van der Waals surface area contributed by atoms with Crippen molar-refractivity contribution >= 4 is 28.9 Å². The highest BCUT2D eigenvalue weighted by Gasteiger charge is 2.20. The highest BCUT2D eigenvalue weighted by atomic mass is 32.2. The van der Waals surface area contributed by atoms with Crippen molar-refractivity contribution < 1.29 is 0 Å². The van der Waals surface area contributed by atoms with Gasteiger partial charge in [0.2, 0.25) is 0 Å².